The molecule has 0 radical (unpaired) electrons. The standard InChI is InChI=1S/C17H14N2O4S2/c1-11-18-16(10-24-11)13-3-2-4-14(9-13)19-25(22,23)15-7-5-12(6-8-15)17(20)21/h2-10,19H,1H3,(H,20,21). The first-order chi connectivity index (χ1) is 11.8. The zero-order chi connectivity index (χ0) is 18.0. The number of anilines is 1. The second kappa shape index (κ2) is 6.66. The number of carbonyl (C=O) groups is 1. The molecule has 0 fully saturated rings. The van der Waals surface area contributed by atoms with Crippen molar-refractivity contribution in [1.29, 1.82) is 0 Å². The largest absolute Gasteiger partial charge is 0.478 e. The molecule has 3 aromatic rings. The SMILES string of the molecule is Cc1nc(-c2cccc(NS(=O)(=O)c3ccc(C(=O)O)cc3)c2)cs1. The summed E-state index contributed by atoms with van der Waals surface area (Å²) in [5.41, 5.74) is 2.03. The van der Waals surface area contributed by atoms with Crippen LogP contribution in [0.4, 0.5) is 5.69 Å². The molecule has 2 N–H and O–H groups in total. The van der Waals surface area contributed by atoms with Gasteiger partial charge in [-0.3, -0.25) is 4.72 Å². The van der Waals surface area contributed by atoms with Gasteiger partial charge in [0.05, 0.1) is 21.2 Å². The second-order valence-electron chi connectivity index (χ2n) is 5.27. The van der Waals surface area contributed by atoms with Gasteiger partial charge in [-0.2, -0.15) is 0 Å². The minimum atomic E-state index is -3.81. The third-order valence-corrected chi connectivity index (χ3v) is 5.61. The molecule has 0 saturated heterocycles. The van der Waals surface area contributed by atoms with Crippen LogP contribution in [0.5, 0.6) is 0 Å². The Kier molecular flexibility index (Phi) is 4.56. The molecule has 1 heterocycles. The van der Waals surface area contributed by atoms with Crippen molar-refractivity contribution >= 4 is 33.0 Å². The molecule has 0 aliphatic carbocycles. The predicted molar refractivity (Wildman–Crippen MR) is 96.5 cm³/mol. The zero-order valence-electron chi connectivity index (χ0n) is 13.1. The summed E-state index contributed by atoms with van der Waals surface area (Å²) in [4.78, 5) is 15.2. The van der Waals surface area contributed by atoms with Crippen LogP contribution in [-0.4, -0.2) is 24.5 Å². The number of benzene rings is 2. The minimum Gasteiger partial charge on any atom is -0.478 e. The topological polar surface area (TPSA) is 96.4 Å². The van der Waals surface area contributed by atoms with E-state index >= 15 is 0 Å². The molecule has 0 amide bonds. The third kappa shape index (κ3) is 3.86. The normalized spacial score (nSPS) is 11.2. The van der Waals surface area contributed by atoms with Gasteiger partial charge in [-0.15, -0.1) is 11.3 Å². The van der Waals surface area contributed by atoms with Gasteiger partial charge in [0.2, 0.25) is 0 Å². The average molecular weight is 374 g/mol. The van der Waals surface area contributed by atoms with Gasteiger partial charge in [-0.05, 0) is 43.3 Å². The van der Waals surface area contributed by atoms with E-state index in [-0.39, 0.29) is 10.5 Å². The first kappa shape index (κ1) is 17.1. The Morgan fingerprint density at radius 2 is 1.88 bits per heavy atom. The highest BCUT2D eigenvalue weighted by molar-refractivity contribution is 7.92. The maximum atomic E-state index is 12.5. The van der Waals surface area contributed by atoms with Gasteiger partial charge >= 0.3 is 5.97 Å². The van der Waals surface area contributed by atoms with Gasteiger partial charge < -0.3 is 5.11 Å². The lowest BCUT2D eigenvalue weighted by molar-refractivity contribution is 0.0696. The molecule has 1 aromatic heterocycles. The number of nitrogens with zero attached hydrogens (tertiary/aromatic N) is 1. The highest BCUT2D eigenvalue weighted by Gasteiger charge is 2.15. The van der Waals surface area contributed by atoms with Crippen molar-refractivity contribution in [2.24, 2.45) is 0 Å². The summed E-state index contributed by atoms with van der Waals surface area (Å²) in [7, 11) is -3.81. The van der Waals surface area contributed by atoms with Crippen LogP contribution in [-0.2, 0) is 10.0 Å². The van der Waals surface area contributed by atoms with Crippen LogP contribution < -0.4 is 4.72 Å². The van der Waals surface area contributed by atoms with E-state index in [2.05, 4.69) is 9.71 Å². The number of carboxylic acids is 1. The molecule has 0 aliphatic heterocycles. The first-order valence-corrected chi connectivity index (χ1v) is 9.60. The molecule has 25 heavy (non-hydrogen) atoms. The van der Waals surface area contributed by atoms with E-state index in [1.54, 1.807) is 18.2 Å². The Morgan fingerprint density at radius 1 is 1.16 bits per heavy atom. The number of aromatic carboxylic acids is 1. The fourth-order valence-corrected chi connectivity index (χ4v) is 3.90. The fourth-order valence-electron chi connectivity index (χ4n) is 2.23. The van der Waals surface area contributed by atoms with Crippen LogP contribution in [0.25, 0.3) is 11.3 Å². The van der Waals surface area contributed by atoms with Crippen molar-refractivity contribution in [1.82, 2.24) is 4.98 Å². The van der Waals surface area contributed by atoms with E-state index in [1.807, 2.05) is 18.4 Å². The maximum absolute atomic E-state index is 12.5. The molecule has 0 bridgehead atoms. The Bertz CT molecular complexity index is 1020. The van der Waals surface area contributed by atoms with E-state index in [9.17, 15) is 13.2 Å². The van der Waals surface area contributed by atoms with Crippen molar-refractivity contribution in [2.45, 2.75) is 11.8 Å². The average Bonchev–Trinajstić information content (AvgIpc) is 3.01. The summed E-state index contributed by atoms with van der Waals surface area (Å²) in [5, 5.41) is 11.7. The Labute approximate surface area is 148 Å². The molecule has 128 valence electrons. The minimum absolute atomic E-state index is 0.00703. The molecule has 6 nitrogen and oxygen atoms in total. The fraction of sp³-hybridized carbons (Fsp3) is 0.0588. The summed E-state index contributed by atoms with van der Waals surface area (Å²) in [6.07, 6.45) is 0. The second-order valence-corrected chi connectivity index (χ2v) is 8.01. The molecule has 0 atom stereocenters. The monoisotopic (exact) mass is 374 g/mol. The molecule has 3 rings (SSSR count). The van der Waals surface area contributed by atoms with Gasteiger partial charge in [0.25, 0.3) is 10.0 Å². The lowest BCUT2D eigenvalue weighted by Crippen LogP contribution is -2.13. The number of aryl methyl sites for hydroxylation is 1. The number of hydrogen-bond donors (Lipinski definition) is 2. The summed E-state index contributed by atoms with van der Waals surface area (Å²) in [6.45, 7) is 1.90. The Morgan fingerprint density at radius 3 is 2.48 bits per heavy atom. The Hall–Kier alpha value is -2.71. The van der Waals surface area contributed by atoms with E-state index in [0.29, 0.717) is 5.69 Å². The number of thiazole rings is 1. The quantitative estimate of drug-likeness (QED) is 0.711. The van der Waals surface area contributed by atoms with E-state index < -0.39 is 16.0 Å². The number of rotatable bonds is 5. The Balaban J connectivity index is 1.87. The third-order valence-electron chi connectivity index (χ3n) is 3.44. The van der Waals surface area contributed by atoms with Gasteiger partial charge in [-0.25, -0.2) is 18.2 Å². The van der Waals surface area contributed by atoms with Crippen LogP contribution in [0.3, 0.4) is 0 Å². The van der Waals surface area contributed by atoms with Gasteiger partial charge in [0, 0.05) is 16.6 Å². The maximum Gasteiger partial charge on any atom is 0.335 e. The van der Waals surface area contributed by atoms with Crippen LogP contribution in [0.15, 0.2) is 58.8 Å². The van der Waals surface area contributed by atoms with Crippen LogP contribution >= 0.6 is 11.3 Å². The molecule has 0 aliphatic rings. The zero-order valence-corrected chi connectivity index (χ0v) is 14.8. The lowest BCUT2D eigenvalue weighted by Gasteiger charge is -2.09. The van der Waals surface area contributed by atoms with Gasteiger partial charge in [-0.1, -0.05) is 12.1 Å². The molecule has 0 spiro atoms. The summed E-state index contributed by atoms with van der Waals surface area (Å²) in [5.74, 6) is -1.11. The lowest BCUT2D eigenvalue weighted by atomic mass is 10.1. The van der Waals surface area contributed by atoms with Crippen LogP contribution in [0.2, 0.25) is 0 Å². The van der Waals surface area contributed by atoms with Crippen molar-refractivity contribution < 1.29 is 18.3 Å². The van der Waals surface area contributed by atoms with E-state index in [4.69, 9.17) is 5.11 Å². The molecule has 0 saturated carbocycles. The molecule has 8 heteroatoms. The van der Waals surface area contributed by atoms with Crippen LogP contribution in [0.1, 0.15) is 15.4 Å². The molecule has 0 unspecified atom stereocenters. The summed E-state index contributed by atoms with van der Waals surface area (Å²) >= 11 is 1.52. The van der Waals surface area contributed by atoms with E-state index in [1.165, 1.54) is 35.6 Å². The van der Waals surface area contributed by atoms with Crippen molar-refractivity contribution in [3.05, 3.63) is 64.5 Å². The van der Waals surface area contributed by atoms with Gasteiger partial charge in [0.15, 0.2) is 0 Å². The van der Waals surface area contributed by atoms with Crippen LogP contribution in [0, 0.1) is 6.92 Å². The number of carboxylic acid groups (broad SMARTS) is 1. The number of hydrogen-bond acceptors (Lipinski definition) is 5. The van der Waals surface area contributed by atoms with Crippen molar-refractivity contribution in [3.8, 4) is 11.3 Å². The molecular formula is C17H14N2O4S2. The van der Waals surface area contributed by atoms with E-state index in [0.717, 1.165) is 16.3 Å². The highest BCUT2D eigenvalue weighted by atomic mass is 32.2. The first-order valence-electron chi connectivity index (χ1n) is 7.24. The van der Waals surface area contributed by atoms with Crippen molar-refractivity contribution in [2.75, 3.05) is 4.72 Å². The van der Waals surface area contributed by atoms with Crippen molar-refractivity contribution in [3.63, 3.8) is 0 Å². The highest BCUT2D eigenvalue weighted by Crippen LogP contribution is 2.25. The summed E-state index contributed by atoms with van der Waals surface area (Å²) < 4.78 is 27.4. The molecule has 2 aromatic carbocycles. The predicted octanol–water partition coefficient (Wildman–Crippen LogP) is 3.62. The number of aromatic nitrogens is 1. The number of nitrogens with one attached hydrogen (secondary N) is 1. The smallest absolute Gasteiger partial charge is 0.335 e. The molecular weight excluding hydrogens is 360 g/mol. The summed E-state index contributed by atoms with van der Waals surface area (Å²) in [6, 6.07) is 12.0. The van der Waals surface area contributed by atoms with Gasteiger partial charge in [0.1, 0.15) is 0 Å². The number of sulfonamides is 1.